The third-order valence-corrected chi connectivity index (χ3v) is 10.4. The maximum Gasteiger partial charge on any atom is 0.352 e. The maximum atomic E-state index is 13.7. The van der Waals surface area contributed by atoms with E-state index in [1.165, 1.54) is 44.9 Å². The lowest BCUT2D eigenvalue weighted by molar-refractivity contribution is -0.150. The quantitative estimate of drug-likeness (QED) is 0.177. The number of hydrogen-bond donors (Lipinski definition) is 2. The molecule has 41 heavy (non-hydrogen) atoms. The van der Waals surface area contributed by atoms with Gasteiger partial charge in [-0.25, -0.2) is 9.48 Å². The van der Waals surface area contributed by atoms with Crippen LogP contribution in [0.15, 0.2) is 77.1 Å². The number of amides is 2. The first-order valence-electron chi connectivity index (χ1n) is 12.8. The van der Waals surface area contributed by atoms with Crippen molar-refractivity contribution in [3.63, 3.8) is 0 Å². The number of hydrogen-bond acceptors (Lipinski definition) is 10. The van der Waals surface area contributed by atoms with Gasteiger partial charge in [0.05, 0.1) is 0 Å². The first-order valence-corrected chi connectivity index (χ1v) is 15.8. The Morgan fingerprint density at radius 3 is 2.51 bits per heavy atom. The zero-order valence-corrected chi connectivity index (χ0v) is 24.7. The van der Waals surface area contributed by atoms with E-state index in [1.807, 2.05) is 67.6 Å². The van der Waals surface area contributed by atoms with Gasteiger partial charge in [-0.3, -0.25) is 14.5 Å². The van der Waals surface area contributed by atoms with Crippen molar-refractivity contribution >= 4 is 53.1 Å². The van der Waals surface area contributed by atoms with Crippen molar-refractivity contribution < 1.29 is 24.2 Å². The average molecular weight is 613 g/mol. The molecule has 0 aliphatic carbocycles. The number of aromatic nitrogens is 4. The Bertz CT molecular complexity index is 1440. The van der Waals surface area contributed by atoms with Gasteiger partial charge in [0.1, 0.15) is 33.5 Å². The van der Waals surface area contributed by atoms with Crippen LogP contribution in [0.25, 0.3) is 0 Å². The fourth-order valence-electron chi connectivity index (χ4n) is 4.45. The third kappa shape index (κ3) is 6.39. The number of thioether (sulfide) groups is 3. The van der Waals surface area contributed by atoms with Crippen LogP contribution in [0.4, 0.5) is 0 Å². The summed E-state index contributed by atoms with van der Waals surface area (Å²) < 4.78 is 7.64. The van der Waals surface area contributed by atoms with E-state index in [0.29, 0.717) is 34.4 Å². The molecule has 2 aromatic carbocycles. The number of nitrogens with one attached hydrogen (secondary N) is 1. The number of carbonyl (C=O) groups is 3. The Hall–Kier alpha value is -3.49. The minimum atomic E-state index is -1.18. The van der Waals surface area contributed by atoms with Crippen LogP contribution in [0.1, 0.15) is 24.2 Å². The third-order valence-electron chi connectivity index (χ3n) is 6.48. The standard InChI is InChI=1S/C27H28N6O5S3/c1-3-19(38-18-12-8-5-9-13-18)41-22(16-10-6-4-7-11-16)23(34)28-20-24(35)33-21(26(36)37)17(14-39-25(20)33)15-40-27-29-30-31-32(27)2/h4-13,19-20,22,25H,3,14-15H2,1-2H3,(H,28,34)(H,36,37)/t19?,20-,22?,25?/m0/s1. The van der Waals surface area contributed by atoms with E-state index in [0.717, 1.165) is 5.56 Å². The van der Waals surface area contributed by atoms with Crippen LogP contribution in [0.2, 0.25) is 0 Å². The molecule has 1 fully saturated rings. The van der Waals surface area contributed by atoms with Crippen LogP contribution in [0, 0.1) is 0 Å². The molecule has 1 saturated heterocycles. The molecule has 3 unspecified atom stereocenters. The van der Waals surface area contributed by atoms with E-state index in [4.69, 9.17) is 4.74 Å². The number of carboxylic acids is 1. The molecule has 2 amide bonds. The van der Waals surface area contributed by atoms with Crippen molar-refractivity contribution in [3.8, 4) is 5.75 Å². The summed E-state index contributed by atoms with van der Waals surface area (Å²) in [5, 5.41) is 23.6. The van der Waals surface area contributed by atoms with Gasteiger partial charge in [0, 0.05) is 18.6 Å². The Kier molecular flexibility index (Phi) is 9.20. The SMILES string of the molecule is CCC(Oc1ccccc1)SC(C(=O)N[C@H]1C(=O)N2C(C(=O)O)=C(CSc3nnnn3C)CSC12)c1ccccc1. The molecule has 0 spiro atoms. The summed E-state index contributed by atoms with van der Waals surface area (Å²) in [5.41, 5.74) is 1.04. The second-order valence-corrected chi connectivity index (χ2v) is 12.5. The Labute approximate surface area is 249 Å². The van der Waals surface area contributed by atoms with Crippen molar-refractivity contribution in [2.45, 2.75) is 40.6 Å². The van der Waals surface area contributed by atoms with E-state index in [1.54, 1.807) is 7.05 Å². The van der Waals surface area contributed by atoms with Crippen LogP contribution in [-0.4, -0.2) is 76.4 Å². The number of fused-ring (bicyclic) bond motifs is 1. The van der Waals surface area contributed by atoms with Crippen LogP contribution in [0.5, 0.6) is 5.75 Å². The van der Waals surface area contributed by atoms with E-state index >= 15 is 0 Å². The molecular formula is C27H28N6O5S3. The Morgan fingerprint density at radius 1 is 1.17 bits per heavy atom. The lowest BCUT2D eigenvalue weighted by atomic mass is 10.0. The molecule has 1 aromatic heterocycles. The van der Waals surface area contributed by atoms with E-state index in [2.05, 4.69) is 20.8 Å². The minimum absolute atomic E-state index is 0.0387. The molecule has 14 heteroatoms. The number of carboxylic acid groups (broad SMARTS) is 1. The van der Waals surface area contributed by atoms with Crippen LogP contribution in [-0.2, 0) is 21.4 Å². The number of ether oxygens (including phenoxy) is 1. The molecule has 4 atom stereocenters. The molecule has 2 aliphatic heterocycles. The zero-order chi connectivity index (χ0) is 28.9. The van der Waals surface area contributed by atoms with Gasteiger partial charge in [0.2, 0.25) is 11.1 Å². The number of benzene rings is 2. The summed E-state index contributed by atoms with van der Waals surface area (Å²) in [6, 6.07) is 17.9. The topological polar surface area (TPSA) is 140 Å². The smallest absolute Gasteiger partial charge is 0.352 e. The summed E-state index contributed by atoms with van der Waals surface area (Å²) >= 11 is 4.11. The first kappa shape index (κ1) is 29.0. The minimum Gasteiger partial charge on any atom is -0.480 e. The second kappa shape index (κ2) is 13.0. The molecule has 0 bridgehead atoms. The van der Waals surface area contributed by atoms with Crippen molar-refractivity contribution in [3.05, 3.63) is 77.5 Å². The number of tetrazole rings is 1. The first-order chi connectivity index (χ1) is 19.9. The number of β-lactam (4-membered cyclic amide) rings is 1. The molecule has 0 saturated carbocycles. The number of nitrogens with zero attached hydrogens (tertiary/aromatic N) is 5. The van der Waals surface area contributed by atoms with Gasteiger partial charge in [-0.15, -0.1) is 16.9 Å². The van der Waals surface area contributed by atoms with Crippen LogP contribution >= 0.6 is 35.3 Å². The van der Waals surface area contributed by atoms with Gasteiger partial charge in [-0.1, -0.05) is 79.0 Å². The van der Waals surface area contributed by atoms with Crippen LogP contribution < -0.4 is 10.1 Å². The fourth-order valence-corrected chi connectivity index (χ4v) is 7.95. The normalized spacial score (nSPS) is 19.7. The van der Waals surface area contributed by atoms with E-state index < -0.39 is 28.5 Å². The van der Waals surface area contributed by atoms with Gasteiger partial charge in [-0.2, -0.15) is 0 Å². The number of carbonyl (C=O) groups excluding carboxylic acids is 2. The van der Waals surface area contributed by atoms with Gasteiger partial charge in [-0.05, 0) is 40.1 Å². The largest absolute Gasteiger partial charge is 0.480 e. The van der Waals surface area contributed by atoms with Crippen molar-refractivity contribution in [2.75, 3.05) is 11.5 Å². The molecule has 2 aliphatic rings. The van der Waals surface area contributed by atoms with Crippen molar-refractivity contribution in [2.24, 2.45) is 7.05 Å². The van der Waals surface area contributed by atoms with Crippen molar-refractivity contribution in [1.82, 2.24) is 30.4 Å². The highest BCUT2D eigenvalue weighted by atomic mass is 32.2. The molecule has 3 aromatic rings. The lowest BCUT2D eigenvalue weighted by Crippen LogP contribution is -2.70. The number of rotatable bonds is 12. The van der Waals surface area contributed by atoms with Gasteiger partial charge < -0.3 is 15.2 Å². The van der Waals surface area contributed by atoms with Gasteiger partial charge in [0.15, 0.2) is 0 Å². The number of aryl methyl sites for hydroxylation is 1. The Morgan fingerprint density at radius 2 is 1.88 bits per heavy atom. The highest BCUT2D eigenvalue weighted by Crippen LogP contribution is 2.42. The average Bonchev–Trinajstić information content (AvgIpc) is 3.41. The fraction of sp³-hybridized carbons (Fsp3) is 0.333. The summed E-state index contributed by atoms with van der Waals surface area (Å²) in [7, 11) is 1.70. The predicted molar refractivity (Wildman–Crippen MR) is 157 cm³/mol. The highest BCUT2D eigenvalue weighted by molar-refractivity contribution is 8.01. The summed E-state index contributed by atoms with van der Waals surface area (Å²) in [6.07, 6.45) is 0.656. The van der Waals surface area contributed by atoms with E-state index in [-0.39, 0.29) is 17.0 Å². The summed E-state index contributed by atoms with van der Waals surface area (Å²) in [4.78, 5) is 40.5. The summed E-state index contributed by atoms with van der Waals surface area (Å²) in [5.74, 6) is -0.516. The molecule has 214 valence electrons. The van der Waals surface area contributed by atoms with E-state index in [9.17, 15) is 19.5 Å². The summed E-state index contributed by atoms with van der Waals surface area (Å²) in [6.45, 7) is 1.99. The zero-order valence-electron chi connectivity index (χ0n) is 22.2. The molecular weight excluding hydrogens is 585 g/mol. The Balaban J connectivity index is 1.30. The molecule has 5 rings (SSSR count). The van der Waals surface area contributed by atoms with Gasteiger partial charge >= 0.3 is 5.97 Å². The molecule has 2 N–H and O–H groups in total. The highest BCUT2D eigenvalue weighted by Gasteiger charge is 2.54. The number of para-hydroxylation sites is 1. The van der Waals surface area contributed by atoms with Gasteiger partial charge in [0.25, 0.3) is 5.91 Å². The second-order valence-electron chi connectivity index (χ2n) is 9.22. The number of aliphatic carboxylic acids is 1. The van der Waals surface area contributed by atoms with Crippen molar-refractivity contribution in [1.29, 1.82) is 0 Å². The molecule has 0 radical (unpaired) electrons. The molecule has 11 nitrogen and oxygen atoms in total. The maximum absolute atomic E-state index is 13.7. The van der Waals surface area contributed by atoms with Crippen LogP contribution in [0.3, 0.4) is 0 Å². The predicted octanol–water partition coefficient (Wildman–Crippen LogP) is 3.33. The monoisotopic (exact) mass is 612 g/mol. The lowest BCUT2D eigenvalue weighted by Gasteiger charge is -2.49. The molecule has 3 heterocycles.